The molecule has 3 rings (SSSR count). The van der Waals surface area contributed by atoms with E-state index in [1.807, 2.05) is 0 Å². The highest BCUT2D eigenvalue weighted by molar-refractivity contribution is 6.30. The monoisotopic (exact) mass is 367 g/mol. The summed E-state index contributed by atoms with van der Waals surface area (Å²) in [5, 5.41) is 10.1. The fourth-order valence-electron chi connectivity index (χ4n) is 2.01. The second kappa shape index (κ2) is 6.56. The van der Waals surface area contributed by atoms with Crippen LogP contribution in [0.1, 0.15) is 16.2 Å². The van der Waals surface area contributed by atoms with E-state index in [1.165, 1.54) is 12.1 Å². The normalized spacial score (nSPS) is 11.4. The molecule has 0 aliphatic rings. The number of rotatable bonds is 3. The molecule has 1 aromatic heterocycles. The van der Waals surface area contributed by atoms with Crippen LogP contribution in [0.25, 0.3) is 11.5 Å². The third-order valence-electron chi connectivity index (χ3n) is 3.14. The zero-order chi connectivity index (χ0) is 18.0. The number of carbonyl (C=O) groups excluding carboxylic acids is 1. The molecule has 0 unspecified atom stereocenters. The minimum Gasteiger partial charge on any atom is -0.412 e. The minimum atomic E-state index is -4.51. The van der Waals surface area contributed by atoms with Gasteiger partial charge in [0.2, 0.25) is 5.89 Å². The first-order valence-electron chi connectivity index (χ1n) is 6.91. The first-order chi connectivity index (χ1) is 11.8. The van der Waals surface area contributed by atoms with Crippen LogP contribution < -0.4 is 5.32 Å². The summed E-state index contributed by atoms with van der Waals surface area (Å²) in [6.45, 7) is 0. The quantitative estimate of drug-likeness (QED) is 0.731. The van der Waals surface area contributed by atoms with E-state index in [0.717, 1.165) is 12.1 Å². The number of benzene rings is 2. The molecule has 0 aliphatic carbocycles. The van der Waals surface area contributed by atoms with Gasteiger partial charge in [0.05, 0.1) is 5.56 Å². The molecule has 128 valence electrons. The molecule has 3 aromatic rings. The van der Waals surface area contributed by atoms with E-state index in [9.17, 15) is 18.0 Å². The van der Waals surface area contributed by atoms with Gasteiger partial charge in [0.15, 0.2) is 0 Å². The maximum absolute atomic E-state index is 12.7. The van der Waals surface area contributed by atoms with Gasteiger partial charge >= 0.3 is 18.0 Å². The van der Waals surface area contributed by atoms with E-state index in [0.29, 0.717) is 10.6 Å². The van der Waals surface area contributed by atoms with Crippen LogP contribution in [0.2, 0.25) is 5.02 Å². The standard InChI is InChI=1S/C16H9ClF3N3O2/c17-11-5-1-3-9(7-11)14-22-23-15(25-14)13(24)21-12-6-2-4-10(8-12)16(18,19)20/h1-8H,(H,21,24). The molecular formula is C16H9ClF3N3O2. The van der Waals surface area contributed by atoms with Crippen molar-refractivity contribution in [1.82, 2.24) is 10.2 Å². The van der Waals surface area contributed by atoms with Crippen molar-refractivity contribution in [2.75, 3.05) is 5.32 Å². The summed E-state index contributed by atoms with van der Waals surface area (Å²) < 4.78 is 43.3. The first kappa shape index (κ1) is 17.0. The van der Waals surface area contributed by atoms with Crippen molar-refractivity contribution >= 4 is 23.2 Å². The first-order valence-corrected chi connectivity index (χ1v) is 7.29. The molecule has 2 aromatic carbocycles. The Labute approximate surface area is 144 Å². The molecule has 1 N–H and O–H groups in total. The van der Waals surface area contributed by atoms with Crippen molar-refractivity contribution in [2.24, 2.45) is 0 Å². The lowest BCUT2D eigenvalue weighted by Crippen LogP contribution is -2.13. The van der Waals surface area contributed by atoms with Gasteiger partial charge in [0, 0.05) is 16.3 Å². The van der Waals surface area contributed by atoms with Crippen LogP contribution in [0.15, 0.2) is 52.9 Å². The molecule has 1 amide bonds. The Kier molecular flexibility index (Phi) is 4.45. The molecule has 0 fully saturated rings. The van der Waals surface area contributed by atoms with Gasteiger partial charge in [-0.25, -0.2) is 0 Å². The van der Waals surface area contributed by atoms with Gasteiger partial charge in [-0.05, 0) is 36.4 Å². The average molecular weight is 368 g/mol. The Balaban J connectivity index is 1.79. The molecule has 0 saturated heterocycles. The number of halogens is 4. The summed E-state index contributed by atoms with van der Waals surface area (Å²) >= 11 is 5.86. The van der Waals surface area contributed by atoms with E-state index < -0.39 is 17.6 Å². The molecule has 0 saturated carbocycles. The zero-order valence-electron chi connectivity index (χ0n) is 12.3. The zero-order valence-corrected chi connectivity index (χ0v) is 13.1. The van der Waals surface area contributed by atoms with Crippen molar-refractivity contribution in [1.29, 1.82) is 0 Å². The van der Waals surface area contributed by atoms with Crippen molar-refractivity contribution in [3.05, 3.63) is 65.0 Å². The number of amides is 1. The third kappa shape index (κ3) is 3.97. The second-order valence-electron chi connectivity index (χ2n) is 4.96. The molecule has 25 heavy (non-hydrogen) atoms. The fourth-order valence-corrected chi connectivity index (χ4v) is 2.20. The maximum atomic E-state index is 12.7. The lowest BCUT2D eigenvalue weighted by atomic mass is 10.2. The summed E-state index contributed by atoms with van der Waals surface area (Å²) in [5.41, 5.74) is -0.407. The number of nitrogens with one attached hydrogen (secondary N) is 1. The SMILES string of the molecule is O=C(Nc1cccc(C(F)(F)F)c1)c1nnc(-c2cccc(Cl)c2)o1. The predicted octanol–water partition coefficient (Wildman–Crippen LogP) is 4.66. The number of hydrogen-bond donors (Lipinski definition) is 1. The molecule has 0 aliphatic heterocycles. The summed E-state index contributed by atoms with van der Waals surface area (Å²) in [6.07, 6.45) is -4.51. The van der Waals surface area contributed by atoms with Gasteiger partial charge in [-0.1, -0.05) is 23.7 Å². The van der Waals surface area contributed by atoms with E-state index in [4.69, 9.17) is 16.0 Å². The lowest BCUT2D eigenvalue weighted by molar-refractivity contribution is -0.137. The van der Waals surface area contributed by atoms with E-state index >= 15 is 0 Å². The van der Waals surface area contributed by atoms with Gasteiger partial charge in [-0.3, -0.25) is 4.79 Å². The fraction of sp³-hybridized carbons (Fsp3) is 0.0625. The summed E-state index contributed by atoms with van der Waals surface area (Å²) in [4.78, 5) is 12.1. The molecule has 0 spiro atoms. The Morgan fingerprint density at radius 3 is 2.56 bits per heavy atom. The van der Waals surface area contributed by atoms with Crippen molar-refractivity contribution < 1.29 is 22.4 Å². The minimum absolute atomic E-state index is 0.0395. The Hall–Kier alpha value is -2.87. The molecule has 0 atom stereocenters. The lowest BCUT2D eigenvalue weighted by Gasteiger charge is -2.08. The largest absolute Gasteiger partial charge is 0.416 e. The van der Waals surface area contributed by atoms with Gasteiger partial charge < -0.3 is 9.73 Å². The summed E-state index contributed by atoms with van der Waals surface area (Å²) in [5.74, 6) is -1.14. The summed E-state index contributed by atoms with van der Waals surface area (Å²) in [7, 11) is 0. The van der Waals surface area contributed by atoms with Crippen molar-refractivity contribution in [3.8, 4) is 11.5 Å². The van der Waals surface area contributed by atoms with Crippen LogP contribution in [0.4, 0.5) is 18.9 Å². The molecule has 1 heterocycles. The van der Waals surface area contributed by atoms with Gasteiger partial charge in [-0.2, -0.15) is 13.2 Å². The number of alkyl halides is 3. The second-order valence-corrected chi connectivity index (χ2v) is 5.39. The number of carbonyl (C=O) groups is 1. The number of nitrogens with zero attached hydrogens (tertiary/aromatic N) is 2. The highest BCUT2D eigenvalue weighted by atomic mass is 35.5. The van der Waals surface area contributed by atoms with Gasteiger partial charge in [0.25, 0.3) is 0 Å². The predicted molar refractivity (Wildman–Crippen MR) is 84.1 cm³/mol. The van der Waals surface area contributed by atoms with Crippen LogP contribution >= 0.6 is 11.6 Å². The topological polar surface area (TPSA) is 68.0 Å². The molecule has 9 heteroatoms. The van der Waals surface area contributed by atoms with Gasteiger partial charge in [0.1, 0.15) is 0 Å². The van der Waals surface area contributed by atoms with E-state index in [2.05, 4.69) is 15.5 Å². The maximum Gasteiger partial charge on any atom is 0.416 e. The van der Waals surface area contributed by atoms with Crippen LogP contribution in [-0.2, 0) is 6.18 Å². The number of hydrogen-bond acceptors (Lipinski definition) is 4. The van der Waals surface area contributed by atoms with Crippen molar-refractivity contribution in [3.63, 3.8) is 0 Å². The molecule has 0 bridgehead atoms. The van der Waals surface area contributed by atoms with Crippen LogP contribution in [-0.4, -0.2) is 16.1 Å². The molecule has 0 radical (unpaired) electrons. The average Bonchev–Trinajstić information content (AvgIpc) is 3.04. The van der Waals surface area contributed by atoms with Crippen LogP contribution in [0, 0.1) is 0 Å². The van der Waals surface area contributed by atoms with E-state index in [1.54, 1.807) is 24.3 Å². The Morgan fingerprint density at radius 1 is 1.08 bits per heavy atom. The summed E-state index contributed by atoms with van der Waals surface area (Å²) in [6, 6.07) is 10.8. The Bertz CT molecular complexity index is 925. The number of anilines is 1. The van der Waals surface area contributed by atoms with E-state index in [-0.39, 0.29) is 17.5 Å². The highest BCUT2D eigenvalue weighted by Gasteiger charge is 2.30. The van der Waals surface area contributed by atoms with Crippen LogP contribution in [0.5, 0.6) is 0 Å². The van der Waals surface area contributed by atoms with Crippen LogP contribution in [0.3, 0.4) is 0 Å². The smallest absolute Gasteiger partial charge is 0.412 e. The number of aromatic nitrogens is 2. The highest BCUT2D eigenvalue weighted by Crippen LogP contribution is 2.30. The third-order valence-corrected chi connectivity index (χ3v) is 3.37. The molecular weight excluding hydrogens is 359 g/mol. The Morgan fingerprint density at radius 2 is 1.84 bits per heavy atom. The van der Waals surface area contributed by atoms with Crippen molar-refractivity contribution in [2.45, 2.75) is 6.18 Å². The van der Waals surface area contributed by atoms with Gasteiger partial charge in [-0.15, -0.1) is 10.2 Å². The molecule has 5 nitrogen and oxygen atoms in total.